The third kappa shape index (κ3) is 3.96. The van der Waals surface area contributed by atoms with Gasteiger partial charge in [0.05, 0.1) is 33.4 Å². The van der Waals surface area contributed by atoms with Crippen molar-refractivity contribution in [1.29, 1.82) is 0 Å². The van der Waals surface area contributed by atoms with E-state index in [9.17, 15) is 17.6 Å². The van der Waals surface area contributed by atoms with E-state index in [1.807, 2.05) is 13.0 Å². The van der Waals surface area contributed by atoms with Crippen LogP contribution in [0.5, 0.6) is 0 Å². The maximum Gasteiger partial charge on any atom is 0.243 e. The summed E-state index contributed by atoms with van der Waals surface area (Å²) in [5, 5.41) is 6.23. The maximum absolute atomic E-state index is 14.0. The van der Waals surface area contributed by atoms with Crippen LogP contribution in [0.25, 0.3) is 11.8 Å². The highest BCUT2D eigenvalue weighted by atomic mass is 32.2. The largest absolute Gasteiger partial charge is 0.291 e. The van der Waals surface area contributed by atoms with Crippen LogP contribution in [0.3, 0.4) is 0 Å². The van der Waals surface area contributed by atoms with Crippen LogP contribution < -0.4 is 0 Å². The van der Waals surface area contributed by atoms with Crippen molar-refractivity contribution < 1.29 is 17.6 Å². The lowest BCUT2D eigenvalue weighted by Crippen LogP contribution is -2.53. The van der Waals surface area contributed by atoms with Crippen LogP contribution in [-0.4, -0.2) is 46.4 Å². The molecule has 0 bridgehead atoms. The zero-order valence-corrected chi connectivity index (χ0v) is 21.6. The van der Waals surface area contributed by atoms with Gasteiger partial charge in [0.15, 0.2) is 5.78 Å². The molecule has 1 aliphatic heterocycles. The predicted molar refractivity (Wildman–Crippen MR) is 139 cm³/mol. The van der Waals surface area contributed by atoms with Crippen molar-refractivity contribution >= 4 is 33.2 Å². The van der Waals surface area contributed by atoms with Gasteiger partial charge in [-0.25, -0.2) is 22.5 Å². The van der Waals surface area contributed by atoms with Crippen molar-refractivity contribution in [1.82, 2.24) is 19.1 Å². The lowest BCUT2D eigenvalue weighted by molar-refractivity contribution is 0.0771. The number of piperidine rings is 1. The Morgan fingerprint density at radius 1 is 1.11 bits per heavy atom. The first-order valence-corrected chi connectivity index (χ1v) is 14.2. The van der Waals surface area contributed by atoms with Gasteiger partial charge in [-0.15, -0.1) is 11.3 Å². The third-order valence-corrected chi connectivity index (χ3v) is 9.66. The van der Waals surface area contributed by atoms with E-state index in [2.05, 4.69) is 10.1 Å². The molecule has 3 heterocycles. The second-order valence-electron chi connectivity index (χ2n) is 9.48. The van der Waals surface area contributed by atoms with E-state index >= 15 is 0 Å². The Labute approximate surface area is 218 Å². The van der Waals surface area contributed by atoms with Gasteiger partial charge >= 0.3 is 0 Å². The van der Waals surface area contributed by atoms with Gasteiger partial charge in [0.25, 0.3) is 0 Å². The topological polar surface area (TPSA) is 85.2 Å². The monoisotopic (exact) mass is 534 g/mol. The molecule has 10 heteroatoms. The summed E-state index contributed by atoms with van der Waals surface area (Å²) in [7, 11) is -3.81. The molecule has 0 amide bonds. The van der Waals surface area contributed by atoms with Gasteiger partial charge < -0.3 is 0 Å². The second-order valence-corrected chi connectivity index (χ2v) is 12.1. The number of benzene rings is 2. The molecular weight excluding hydrogens is 511 g/mol. The molecule has 2 aromatic heterocycles. The standard InChI is InChI=1S/C27H23FN4O3S2/c1-18-2-8-23(9-3-18)37(34,35)31-11-10-20-12-25-19(14-30-32(25)22-6-4-21(28)5-7-22)13-27(20,16-31)26(33)24-15-36-17-29-24/h2-9,12,14-15,17H,10-11,13,16H2,1H3. The van der Waals surface area contributed by atoms with Crippen molar-refractivity contribution in [2.24, 2.45) is 5.41 Å². The second kappa shape index (κ2) is 8.83. The van der Waals surface area contributed by atoms with E-state index in [1.54, 1.807) is 58.2 Å². The first-order chi connectivity index (χ1) is 17.8. The number of rotatable bonds is 5. The molecule has 1 unspecified atom stereocenters. The summed E-state index contributed by atoms with van der Waals surface area (Å²) in [6, 6.07) is 12.8. The molecule has 0 spiro atoms. The molecule has 4 aromatic rings. The first-order valence-electron chi connectivity index (χ1n) is 11.8. The molecular formula is C27H23FN4O3S2. The van der Waals surface area contributed by atoms with Crippen LogP contribution >= 0.6 is 11.3 Å². The van der Waals surface area contributed by atoms with E-state index in [0.717, 1.165) is 22.4 Å². The maximum atomic E-state index is 14.0. The normalized spacial score (nSPS) is 19.7. The van der Waals surface area contributed by atoms with Crippen molar-refractivity contribution in [3.05, 3.63) is 99.5 Å². The number of ketones is 1. The molecule has 1 fully saturated rings. The van der Waals surface area contributed by atoms with Gasteiger partial charge in [0, 0.05) is 18.5 Å². The third-order valence-electron chi connectivity index (χ3n) is 7.21. The van der Waals surface area contributed by atoms with Gasteiger partial charge in [-0.3, -0.25) is 4.79 Å². The minimum atomic E-state index is -3.81. The highest BCUT2D eigenvalue weighted by molar-refractivity contribution is 7.89. The van der Waals surface area contributed by atoms with Crippen molar-refractivity contribution in [2.75, 3.05) is 13.1 Å². The predicted octanol–water partition coefficient (Wildman–Crippen LogP) is 4.68. The summed E-state index contributed by atoms with van der Waals surface area (Å²) < 4.78 is 43.9. The highest BCUT2D eigenvalue weighted by Gasteiger charge is 2.51. The van der Waals surface area contributed by atoms with Crippen LogP contribution in [0.4, 0.5) is 4.39 Å². The average Bonchev–Trinajstić information content (AvgIpc) is 3.57. The van der Waals surface area contributed by atoms with E-state index in [0.29, 0.717) is 24.2 Å². The molecule has 2 aromatic carbocycles. The molecule has 0 saturated carbocycles. The Bertz CT molecular complexity index is 1630. The SMILES string of the molecule is Cc1ccc(S(=O)(=O)N2CCC3=Cc4c(cnn4-c4ccc(F)cc4)CC3(C(=O)c3cscn3)C2)cc1. The number of hydrogen-bond donors (Lipinski definition) is 0. The van der Waals surface area contributed by atoms with Gasteiger partial charge in [-0.05, 0) is 67.8 Å². The summed E-state index contributed by atoms with van der Waals surface area (Å²) in [6.07, 6.45) is 4.35. The number of aryl methyl sites for hydroxylation is 1. The van der Waals surface area contributed by atoms with Crippen LogP contribution in [-0.2, 0) is 16.4 Å². The fraction of sp³-hybridized carbons (Fsp3) is 0.222. The number of carbonyl (C=O) groups excluding carboxylic acids is 1. The summed E-state index contributed by atoms with van der Waals surface area (Å²) in [5.74, 6) is -0.526. The Morgan fingerprint density at radius 3 is 2.57 bits per heavy atom. The number of halogens is 1. The minimum absolute atomic E-state index is 0.0204. The molecule has 2 aliphatic rings. The summed E-state index contributed by atoms with van der Waals surface area (Å²) in [4.78, 5) is 18.5. The quantitative estimate of drug-likeness (QED) is 0.347. The van der Waals surface area contributed by atoms with Gasteiger partial charge in [-0.1, -0.05) is 23.3 Å². The molecule has 37 heavy (non-hydrogen) atoms. The molecule has 188 valence electrons. The van der Waals surface area contributed by atoms with Crippen LogP contribution in [0.2, 0.25) is 0 Å². The van der Waals surface area contributed by atoms with E-state index in [4.69, 9.17) is 0 Å². The number of hydrogen-bond acceptors (Lipinski definition) is 6. The number of Topliss-reactive ketones (excluding diaryl/α,β-unsaturated/α-hetero) is 1. The summed E-state index contributed by atoms with van der Waals surface area (Å²) in [5.41, 5.74) is 5.03. The molecule has 0 radical (unpaired) electrons. The zero-order chi connectivity index (χ0) is 25.8. The number of thiazole rings is 1. The average molecular weight is 535 g/mol. The number of carbonyl (C=O) groups is 1. The lowest BCUT2D eigenvalue weighted by Gasteiger charge is -2.44. The van der Waals surface area contributed by atoms with Crippen molar-refractivity contribution in [3.63, 3.8) is 0 Å². The smallest absolute Gasteiger partial charge is 0.243 e. The zero-order valence-electron chi connectivity index (χ0n) is 20.0. The minimum Gasteiger partial charge on any atom is -0.291 e. The lowest BCUT2D eigenvalue weighted by atomic mass is 9.65. The van der Waals surface area contributed by atoms with Gasteiger partial charge in [0.1, 0.15) is 11.5 Å². The van der Waals surface area contributed by atoms with Crippen LogP contribution in [0.15, 0.2) is 76.1 Å². The number of aromatic nitrogens is 3. The molecule has 7 nitrogen and oxygen atoms in total. The van der Waals surface area contributed by atoms with Crippen LogP contribution in [0.1, 0.15) is 33.7 Å². The van der Waals surface area contributed by atoms with Gasteiger partial charge in [-0.2, -0.15) is 9.40 Å². The molecule has 1 saturated heterocycles. The van der Waals surface area contributed by atoms with Crippen molar-refractivity contribution in [2.45, 2.75) is 24.7 Å². The van der Waals surface area contributed by atoms with E-state index in [1.165, 1.54) is 27.8 Å². The Kier molecular flexibility index (Phi) is 5.70. The Morgan fingerprint density at radius 2 is 1.86 bits per heavy atom. The summed E-state index contributed by atoms with van der Waals surface area (Å²) in [6.45, 7) is 2.18. The summed E-state index contributed by atoms with van der Waals surface area (Å²) >= 11 is 1.33. The number of sulfonamides is 1. The molecule has 0 N–H and O–H groups in total. The van der Waals surface area contributed by atoms with E-state index < -0.39 is 15.4 Å². The number of fused-ring (bicyclic) bond motifs is 2. The highest BCUT2D eigenvalue weighted by Crippen LogP contribution is 2.47. The fourth-order valence-corrected chi connectivity index (χ4v) is 7.27. The first kappa shape index (κ1) is 23.9. The fourth-order valence-electron chi connectivity index (χ4n) is 5.24. The molecule has 1 atom stereocenters. The van der Waals surface area contributed by atoms with Crippen molar-refractivity contribution in [3.8, 4) is 5.69 Å². The van der Waals surface area contributed by atoms with Gasteiger partial charge in [0.2, 0.25) is 10.0 Å². The van der Waals surface area contributed by atoms with E-state index in [-0.39, 0.29) is 29.6 Å². The Balaban J connectivity index is 1.44. The molecule has 6 rings (SSSR count). The number of nitrogens with zero attached hydrogens (tertiary/aromatic N) is 4. The Hall–Kier alpha value is -3.47. The van der Waals surface area contributed by atoms with Crippen LogP contribution in [0, 0.1) is 18.2 Å². The molecule has 1 aliphatic carbocycles.